The lowest BCUT2D eigenvalue weighted by Gasteiger charge is -2.21. The molecule has 0 spiro atoms. The highest BCUT2D eigenvalue weighted by atomic mass is 19.1. The van der Waals surface area contributed by atoms with E-state index in [1.54, 1.807) is 48.5 Å². The molecule has 1 unspecified atom stereocenters. The molecular formula is C25H24FN3O4. The van der Waals surface area contributed by atoms with Gasteiger partial charge in [-0.2, -0.15) is 0 Å². The van der Waals surface area contributed by atoms with Crippen molar-refractivity contribution in [3.8, 4) is 5.75 Å². The lowest BCUT2D eigenvalue weighted by molar-refractivity contribution is -0.123. The summed E-state index contributed by atoms with van der Waals surface area (Å²) >= 11 is 0. The van der Waals surface area contributed by atoms with Crippen LogP contribution in [0.2, 0.25) is 0 Å². The first kappa shape index (κ1) is 22.3. The van der Waals surface area contributed by atoms with Gasteiger partial charge in [-0.15, -0.1) is 0 Å². The number of hydrogen-bond donors (Lipinski definition) is 2. The smallest absolute Gasteiger partial charge is 0.414 e. The zero-order chi connectivity index (χ0) is 23.4. The standard InChI is InChI=1S/C25H24FN3O4/c1-16-13-18(9-10-22(16)29-11-12-32-25(29)31)28-24(30)23(20-7-2-3-8-21(20)26)33-19-6-4-5-17(14-19)15-27/h2-10,13-14,23H,11-12,15,27H2,1H3,(H,28,30). The third-order valence-corrected chi connectivity index (χ3v) is 5.33. The summed E-state index contributed by atoms with van der Waals surface area (Å²) in [4.78, 5) is 26.6. The van der Waals surface area contributed by atoms with Crippen molar-refractivity contribution in [2.24, 2.45) is 5.73 Å². The van der Waals surface area contributed by atoms with Gasteiger partial charge >= 0.3 is 6.09 Å². The van der Waals surface area contributed by atoms with Crippen molar-refractivity contribution in [2.45, 2.75) is 19.6 Å². The molecule has 1 fully saturated rings. The fourth-order valence-electron chi connectivity index (χ4n) is 3.68. The summed E-state index contributed by atoms with van der Waals surface area (Å²) in [6.07, 6.45) is -1.63. The van der Waals surface area contributed by atoms with Crippen molar-refractivity contribution >= 4 is 23.4 Å². The molecule has 0 radical (unpaired) electrons. The maximum Gasteiger partial charge on any atom is 0.414 e. The van der Waals surface area contributed by atoms with E-state index in [0.717, 1.165) is 11.1 Å². The van der Waals surface area contributed by atoms with Gasteiger partial charge in [-0.25, -0.2) is 9.18 Å². The zero-order valence-corrected chi connectivity index (χ0v) is 18.1. The number of aryl methyl sites for hydroxylation is 1. The first-order chi connectivity index (χ1) is 16.0. The highest BCUT2D eigenvalue weighted by Crippen LogP contribution is 2.29. The average molecular weight is 449 g/mol. The van der Waals surface area contributed by atoms with Crippen LogP contribution in [-0.2, 0) is 16.1 Å². The molecule has 1 saturated heterocycles. The number of nitrogens with two attached hydrogens (primary N) is 1. The topological polar surface area (TPSA) is 93.9 Å². The molecule has 0 saturated carbocycles. The van der Waals surface area contributed by atoms with E-state index < -0.39 is 23.9 Å². The Balaban J connectivity index is 1.59. The normalized spacial score (nSPS) is 14.0. The van der Waals surface area contributed by atoms with E-state index in [-0.39, 0.29) is 5.56 Å². The van der Waals surface area contributed by atoms with Gasteiger partial charge in [-0.05, 0) is 54.4 Å². The van der Waals surface area contributed by atoms with Gasteiger partial charge in [-0.1, -0.05) is 30.3 Å². The summed E-state index contributed by atoms with van der Waals surface area (Å²) in [7, 11) is 0. The number of hydrogen-bond acceptors (Lipinski definition) is 5. The first-order valence-corrected chi connectivity index (χ1v) is 10.5. The molecule has 1 aliphatic heterocycles. The number of halogens is 1. The number of nitrogens with zero attached hydrogens (tertiary/aromatic N) is 1. The molecular weight excluding hydrogens is 425 g/mol. The molecule has 4 rings (SSSR count). The molecule has 3 aromatic carbocycles. The van der Waals surface area contributed by atoms with Crippen LogP contribution in [-0.4, -0.2) is 25.2 Å². The van der Waals surface area contributed by atoms with Crippen molar-refractivity contribution in [1.29, 1.82) is 0 Å². The molecule has 170 valence electrons. The Bertz CT molecular complexity index is 1180. The molecule has 0 aromatic heterocycles. The Morgan fingerprint density at radius 2 is 2.00 bits per heavy atom. The van der Waals surface area contributed by atoms with Crippen LogP contribution in [0.3, 0.4) is 0 Å². The van der Waals surface area contributed by atoms with E-state index in [2.05, 4.69) is 5.32 Å². The minimum Gasteiger partial charge on any atom is -0.476 e. The van der Waals surface area contributed by atoms with Crippen molar-refractivity contribution in [1.82, 2.24) is 0 Å². The quantitative estimate of drug-likeness (QED) is 0.561. The molecule has 1 aliphatic rings. The minimum atomic E-state index is -1.23. The maximum absolute atomic E-state index is 14.6. The third-order valence-electron chi connectivity index (χ3n) is 5.33. The van der Waals surface area contributed by atoms with Crippen LogP contribution in [0.15, 0.2) is 66.7 Å². The number of amides is 2. The van der Waals surface area contributed by atoms with Gasteiger partial charge < -0.3 is 20.5 Å². The number of anilines is 2. The molecule has 33 heavy (non-hydrogen) atoms. The number of rotatable bonds is 7. The molecule has 8 heteroatoms. The summed E-state index contributed by atoms with van der Waals surface area (Å²) < 4.78 is 25.5. The summed E-state index contributed by atoms with van der Waals surface area (Å²) in [6, 6.07) is 18.2. The molecule has 0 aliphatic carbocycles. The molecule has 1 heterocycles. The van der Waals surface area contributed by atoms with Crippen LogP contribution in [0.5, 0.6) is 5.75 Å². The molecule has 2 amide bonds. The van der Waals surface area contributed by atoms with Crippen molar-refractivity contribution < 1.29 is 23.5 Å². The second-order valence-electron chi connectivity index (χ2n) is 7.63. The van der Waals surface area contributed by atoms with Crippen LogP contribution in [0, 0.1) is 12.7 Å². The van der Waals surface area contributed by atoms with Crippen LogP contribution >= 0.6 is 0 Å². The Kier molecular flexibility index (Phi) is 6.55. The monoisotopic (exact) mass is 449 g/mol. The van der Waals surface area contributed by atoms with E-state index in [9.17, 15) is 14.0 Å². The second kappa shape index (κ2) is 9.70. The fraction of sp³-hybridized carbons (Fsp3) is 0.200. The van der Waals surface area contributed by atoms with Gasteiger partial charge in [0.25, 0.3) is 5.91 Å². The van der Waals surface area contributed by atoms with Gasteiger partial charge in [0.1, 0.15) is 18.2 Å². The highest BCUT2D eigenvalue weighted by Gasteiger charge is 2.27. The van der Waals surface area contributed by atoms with Crippen molar-refractivity contribution in [2.75, 3.05) is 23.4 Å². The number of nitrogens with one attached hydrogen (secondary N) is 1. The average Bonchev–Trinajstić information content (AvgIpc) is 3.24. The van der Waals surface area contributed by atoms with E-state index in [4.69, 9.17) is 15.2 Å². The number of carbonyl (C=O) groups is 2. The lowest BCUT2D eigenvalue weighted by Crippen LogP contribution is -2.27. The predicted molar refractivity (Wildman–Crippen MR) is 123 cm³/mol. The predicted octanol–water partition coefficient (Wildman–Crippen LogP) is 4.31. The van der Waals surface area contributed by atoms with Gasteiger partial charge in [-0.3, -0.25) is 9.69 Å². The Labute approximate surface area is 190 Å². The number of benzene rings is 3. The fourth-order valence-corrected chi connectivity index (χ4v) is 3.68. The number of ether oxygens (including phenoxy) is 2. The minimum absolute atomic E-state index is 0.112. The lowest BCUT2D eigenvalue weighted by atomic mass is 10.1. The van der Waals surface area contributed by atoms with Gasteiger partial charge in [0.2, 0.25) is 6.10 Å². The van der Waals surface area contributed by atoms with Gasteiger partial charge in [0.15, 0.2) is 0 Å². The van der Waals surface area contributed by atoms with Crippen molar-refractivity contribution in [3.05, 3.63) is 89.2 Å². The Morgan fingerprint density at radius 1 is 1.18 bits per heavy atom. The molecule has 0 bridgehead atoms. The Hall–Kier alpha value is -3.91. The summed E-state index contributed by atoms with van der Waals surface area (Å²) in [5.74, 6) is -0.682. The summed E-state index contributed by atoms with van der Waals surface area (Å²) in [6.45, 7) is 2.95. The largest absolute Gasteiger partial charge is 0.476 e. The van der Waals surface area contributed by atoms with E-state index >= 15 is 0 Å². The first-order valence-electron chi connectivity index (χ1n) is 10.5. The third kappa shape index (κ3) is 4.96. The summed E-state index contributed by atoms with van der Waals surface area (Å²) in [5.41, 5.74) is 8.62. The van der Waals surface area contributed by atoms with E-state index in [1.165, 1.54) is 17.0 Å². The maximum atomic E-state index is 14.6. The molecule has 3 N–H and O–H groups in total. The van der Waals surface area contributed by atoms with Crippen LogP contribution in [0.25, 0.3) is 0 Å². The second-order valence-corrected chi connectivity index (χ2v) is 7.63. The molecule has 7 nitrogen and oxygen atoms in total. The van der Waals surface area contributed by atoms with Crippen LogP contribution in [0.1, 0.15) is 22.8 Å². The number of cyclic esters (lactones) is 1. The molecule has 1 atom stereocenters. The summed E-state index contributed by atoms with van der Waals surface area (Å²) in [5, 5.41) is 2.80. The van der Waals surface area contributed by atoms with Crippen molar-refractivity contribution in [3.63, 3.8) is 0 Å². The van der Waals surface area contributed by atoms with Crippen LogP contribution in [0.4, 0.5) is 20.6 Å². The van der Waals surface area contributed by atoms with Gasteiger partial charge in [0, 0.05) is 17.8 Å². The SMILES string of the molecule is Cc1cc(NC(=O)C(Oc2cccc(CN)c2)c2ccccc2F)ccc1N1CCOC1=O. The van der Waals surface area contributed by atoms with E-state index in [1.807, 2.05) is 13.0 Å². The number of carbonyl (C=O) groups excluding carboxylic acids is 2. The van der Waals surface area contributed by atoms with Crippen LogP contribution < -0.4 is 20.7 Å². The molecule has 3 aromatic rings. The van der Waals surface area contributed by atoms with E-state index in [0.29, 0.717) is 36.8 Å². The van der Waals surface area contributed by atoms with Gasteiger partial charge in [0.05, 0.1) is 12.2 Å². The highest BCUT2D eigenvalue weighted by molar-refractivity contribution is 5.96. The Morgan fingerprint density at radius 3 is 2.70 bits per heavy atom. The zero-order valence-electron chi connectivity index (χ0n) is 18.1.